The second-order valence-corrected chi connectivity index (χ2v) is 1.60. The summed E-state index contributed by atoms with van der Waals surface area (Å²) in [6.45, 7) is 1.33. The minimum atomic E-state index is -1.18. The molecule has 0 aromatic rings. The molecule has 0 fully saturated rings. The van der Waals surface area contributed by atoms with Gasteiger partial charge in [0.15, 0.2) is 0 Å². The first-order valence-corrected chi connectivity index (χ1v) is 2.22. The fourth-order valence-corrected chi connectivity index (χ4v) is 0.206. The monoisotopic (exact) mass is 121 g/mol. The summed E-state index contributed by atoms with van der Waals surface area (Å²) in [6.07, 6.45) is -0.979. The molecule has 0 amide bonds. The van der Waals surface area contributed by atoms with Gasteiger partial charge in [-0.25, -0.2) is 0 Å². The SMILES string of the molecule is [13CH3][13C@@H](O)[C@H](N)C(=O)O. The minimum absolute atomic E-state index is 0.979. The normalized spacial score (nSPS) is 17.4. The number of nitrogens with two attached hydrogens (primary N) is 1. The van der Waals surface area contributed by atoms with Crippen molar-refractivity contribution in [3.8, 4) is 0 Å². The van der Waals surface area contributed by atoms with Crippen molar-refractivity contribution < 1.29 is 15.0 Å². The Labute approximate surface area is 46.9 Å². The minimum Gasteiger partial charge on any atom is -0.480 e. The maximum absolute atomic E-state index is 9.86. The zero-order chi connectivity index (χ0) is 6.73. The van der Waals surface area contributed by atoms with Crippen LogP contribution in [0.1, 0.15) is 6.92 Å². The van der Waals surface area contributed by atoms with Gasteiger partial charge in [-0.3, -0.25) is 4.79 Å². The predicted octanol–water partition coefficient (Wildman–Crippen LogP) is -1.22. The lowest BCUT2D eigenvalue weighted by atomic mass is 10.5. The maximum atomic E-state index is 9.86. The average molecular weight is 121 g/mol. The summed E-state index contributed by atoms with van der Waals surface area (Å²) in [5, 5.41) is 16.6. The molecule has 0 saturated carbocycles. The molecule has 0 aliphatic carbocycles. The summed E-state index contributed by atoms with van der Waals surface area (Å²) >= 11 is 0. The molecule has 8 heavy (non-hydrogen) atoms. The Hall–Kier alpha value is -0.610. The van der Waals surface area contributed by atoms with Crippen molar-refractivity contribution in [3.05, 3.63) is 0 Å². The number of rotatable bonds is 2. The van der Waals surface area contributed by atoms with E-state index in [0.717, 1.165) is 0 Å². The Morgan fingerprint density at radius 2 is 2.12 bits per heavy atom. The Bertz CT molecular complexity index is 91.3. The number of carboxylic acid groups (broad SMARTS) is 1. The van der Waals surface area contributed by atoms with Gasteiger partial charge >= 0.3 is 5.97 Å². The fourth-order valence-electron chi connectivity index (χ4n) is 0.206. The molecular formula is C4H9NO3. The van der Waals surface area contributed by atoms with Crippen LogP contribution >= 0.6 is 0 Å². The number of hydrogen-bond donors (Lipinski definition) is 3. The van der Waals surface area contributed by atoms with Gasteiger partial charge in [0.05, 0.1) is 6.10 Å². The van der Waals surface area contributed by atoms with Crippen LogP contribution in [0, 0.1) is 0 Å². The second kappa shape index (κ2) is 2.64. The number of carbonyl (C=O) groups is 1. The molecule has 0 saturated heterocycles. The van der Waals surface area contributed by atoms with Crippen LogP contribution < -0.4 is 5.73 Å². The van der Waals surface area contributed by atoms with Crippen LogP contribution in [0.2, 0.25) is 0 Å². The molecule has 4 N–H and O–H groups in total. The lowest BCUT2D eigenvalue weighted by Gasteiger charge is -2.06. The van der Waals surface area contributed by atoms with E-state index in [0.29, 0.717) is 0 Å². The molecule has 4 nitrogen and oxygen atoms in total. The molecule has 4 heteroatoms. The van der Waals surface area contributed by atoms with E-state index >= 15 is 0 Å². The van der Waals surface area contributed by atoms with Crippen molar-refractivity contribution in [2.75, 3.05) is 0 Å². The van der Waals surface area contributed by atoms with Crippen molar-refractivity contribution in [2.24, 2.45) is 5.73 Å². The molecule has 0 aromatic carbocycles. The zero-order valence-corrected chi connectivity index (χ0v) is 4.53. The summed E-state index contributed by atoms with van der Waals surface area (Å²) in [4.78, 5) is 9.86. The van der Waals surface area contributed by atoms with E-state index in [9.17, 15) is 4.79 Å². The van der Waals surface area contributed by atoms with Gasteiger partial charge in [0, 0.05) is 0 Å². The van der Waals surface area contributed by atoms with Gasteiger partial charge in [-0.2, -0.15) is 0 Å². The van der Waals surface area contributed by atoms with Crippen LogP contribution in [0.4, 0.5) is 0 Å². The maximum Gasteiger partial charge on any atom is 0.323 e. The first-order chi connectivity index (χ1) is 3.55. The molecule has 0 aliphatic heterocycles. The fraction of sp³-hybridized carbons (Fsp3) is 0.750. The van der Waals surface area contributed by atoms with E-state index in [-0.39, 0.29) is 0 Å². The molecule has 0 spiro atoms. The standard InChI is InChI=1S/C4H9NO3/c1-2(6)3(5)4(7)8/h2-3,6H,5H2,1H3,(H,7,8)/t2-,3+/m1/s1/i1+1,2+1. The molecule has 0 rings (SSSR count). The van der Waals surface area contributed by atoms with Gasteiger partial charge in [-0.15, -0.1) is 0 Å². The average Bonchev–Trinajstić information content (AvgIpc) is 1.64. The van der Waals surface area contributed by atoms with Gasteiger partial charge < -0.3 is 15.9 Å². The first-order valence-electron chi connectivity index (χ1n) is 2.22. The van der Waals surface area contributed by atoms with Gasteiger partial charge in [0.1, 0.15) is 6.04 Å². The highest BCUT2D eigenvalue weighted by Gasteiger charge is 2.16. The Morgan fingerprint density at radius 1 is 1.75 bits per heavy atom. The molecule has 0 aromatic heterocycles. The lowest BCUT2D eigenvalue weighted by Crippen LogP contribution is -2.39. The van der Waals surface area contributed by atoms with Gasteiger partial charge in [-0.1, -0.05) is 0 Å². The van der Waals surface area contributed by atoms with Crippen molar-refractivity contribution in [2.45, 2.75) is 19.1 Å². The van der Waals surface area contributed by atoms with E-state index in [1.807, 2.05) is 0 Å². The smallest absolute Gasteiger partial charge is 0.323 e. The molecule has 0 bridgehead atoms. The number of aliphatic carboxylic acids is 1. The molecule has 2 atom stereocenters. The highest BCUT2D eigenvalue weighted by molar-refractivity contribution is 5.73. The number of hydrogen-bond acceptors (Lipinski definition) is 3. The number of aliphatic hydroxyl groups is 1. The van der Waals surface area contributed by atoms with Gasteiger partial charge in [0.25, 0.3) is 0 Å². The van der Waals surface area contributed by atoms with Gasteiger partial charge in [-0.05, 0) is 6.92 Å². The third kappa shape index (κ3) is 1.90. The van der Waals surface area contributed by atoms with Crippen LogP contribution in [0.5, 0.6) is 0 Å². The van der Waals surface area contributed by atoms with Crippen LogP contribution in [-0.4, -0.2) is 28.3 Å². The topological polar surface area (TPSA) is 83.5 Å². The van der Waals surface area contributed by atoms with E-state index in [1.165, 1.54) is 6.92 Å². The van der Waals surface area contributed by atoms with E-state index in [1.54, 1.807) is 0 Å². The second-order valence-electron chi connectivity index (χ2n) is 1.60. The van der Waals surface area contributed by atoms with Crippen molar-refractivity contribution in [1.82, 2.24) is 0 Å². The van der Waals surface area contributed by atoms with E-state index in [2.05, 4.69) is 0 Å². The molecule has 0 heterocycles. The first kappa shape index (κ1) is 7.39. The summed E-state index contributed by atoms with van der Waals surface area (Å²) in [7, 11) is 0. The lowest BCUT2D eigenvalue weighted by molar-refractivity contribution is -0.140. The molecule has 0 radical (unpaired) electrons. The quantitative estimate of drug-likeness (QED) is 0.400. The van der Waals surface area contributed by atoms with Crippen molar-refractivity contribution in [1.29, 1.82) is 0 Å². The Balaban J connectivity index is 3.64. The number of carboxylic acids is 1. The highest BCUT2D eigenvalue weighted by atomic mass is 16.4. The van der Waals surface area contributed by atoms with E-state index < -0.39 is 18.1 Å². The van der Waals surface area contributed by atoms with Crippen LogP contribution in [0.25, 0.3) is 0 Å². The summed E-state index contributed by atoms with van der Waals surface area (Å²) in [5.74, 6) is -1.18. The summed E-state index contributed by atoms with van der Waals surface area (Å²) < 4.78 is 0. The van der Waals surface area contributed by atoms with Crippen molar-refractivity contribution >= 4 is 5.97 Å². The number of aliphatic hydroxyl groups excluding tert-OH is 1. The largest absolute Gasteiger partial charge is 0.480 e. The van der Waals surface area contributed by atoms with E-state index in [4.69, 9.17) is 15.9 Å². The molecule has 48 valence electrons. The third-order valence-electron chi connectivity index (χ3n) is 0.805. The van der Waals surface area contributed by atoms with Crippen LogP contribution in [-0.2, 0) is 4.79 Å². The Kier molecular flexibility index (Phi) is 2.44. The van der Waals surface area contributed by atoms with Gasteiger partial charge in [0.2, 0.25) is 0 Å². The highest BCUT2D eigenvalue weighted by Crippen LogP contribution is 1.85. The summed E-state index contributed by atoms with van der Waals surface area (Å²) in [5.41, 5.74) is 4.91. The molecular weight excluding hydrogens is 112 g/mol. The third-order valence-corrected chi connectivity index (χ3v) is 0.805. The van der Waals surface area contributed by atoms with Crippen LogP contribution in [0.3, 0.4) is 0 Å². The molecule has 0 unspecified atom stereocenters. The summed E-state index contributed by atoms with van der Waals surface area (Å²) in [6, 6.07) is -1.16. The Morgan fingerprint density at radius 3 is 2.12 bits per heavy atom. The zero-order valence-electron chi connectivity index (χ0n) is 4.53. The molecule has 0 aliphatic rings. The predicted molar refractivity (Wildman–Crippen MR) is 27.3 cm³/mol. The van der Waals surface area contributed by atoms with Crippen molar-refractivity contribution in [3.63, 3.8) is 0 Å². The van der Waals surface area contributed by atoms with Crippen LogP contribution in [0.15, 0.2) is 0 Å².